The fourth-order valence-corrected chi connectivity index (χ4v) is 3.08. The summed E-state index contributed by atoms with van der Waals surface area (Å²) < 4.78 is 0. The van der Waals surface area contributed by atoms with Crippen LogP contribution in [-0.2, 0) is 0 Å². The number of aromatic nitrogens is 2. The minimum Gasteiger partial charge on any atom is -0.373 e. The van der Waals surface area contributed by atoms with Gasteiger partial charge in [-0.05, 0) is 31.9 Å². The lowest BCUT2D eigenvalue weighted by molar-refractivity contribution is 0.859. The molecule has 2 aromatic heterocycles. The minimum absolute atomic E-state index is 0.213. The second-order valence-corrected chi connectivity index (χ2v) is 5.73. The van der Waals surface area contributed by atoms with Crippen LogP contribution in [0.15, 0.2) is 29.9 Å². The summed E-state index contributed by atoms with van der Waals surface area (Å²) in [6.07, 6.45) is 6.24. The molecule has 0 amide bonds. The molecule has 19 heavy (non-hydrogen) atoms. The van der Waals surface area contributed by atoms with Crippen LogP contribution in [0.25, 0.3) is 0 Å². The molecule has 3 heterocycles. The van der Waals surface area contributed by atoms with E-state index in [1.807, 2.05) is 23.8 Å². The predicted molar refractivity (Wildman–Crippen MR) is 79.8 cm³/mol. The van der Waals surface area contributed by atoms with Crippen LogP contribution in [0.3, 0.4) is 0 Å². The largest absolute Gasteiger partial charge is 0.373 e. The Kier molecular flexibility index (Phi) is 3.64. The zero-order valence-corrected chi connectivity index (χ0v) is 11.9. The highest BCUT2D eigenvalue weighted by Gasteiger charge is 2.18. The van der Waals surface area contributed by atoms with E-state index in [0.29, 0.717) is 0 Å². The number of thiazole rings is 1. The number of nitrogens with zero attached hydrogens (tertiary/aromatic N) is 3. The van der Waals surface area contributed by atoms with Crippen LogP contribution in [-0.4, -0.2) is 23.1 Å². The Morgan fingerprint density at radius 2 is 2.11 bits per heavy atom. The van der Waals surface area contributed by atoms with Crippen LogP contribution < -0.4 is 10.2 Å². The first-order valence-corrected chi connectivity index (χ1v) is 7.58. The zero-order chi connectivity index (χ0) is 13.1. The molecule has 0 radical (unpaired) electrons. The summed E-state index contributed by atoms with van der Waals surface area (Å²) in [5.41, 5.74) is 1.10. The summed E-state index contributed by atoms with van der Waals surface area (Å²) in [6.45, 7) is 4.36. The van der Waals surface area contributed by atoms with Crippen molar-refractivity contribution in [2.24, 2.45) is 0 Å². The Hall–Kier alpha value is -1.62. The number of hydrogen-bond donors (Lipinski definition) is 1. The van der Waals surface area contributed by atoms with Gasteiger partial charge in [-0.1, -0.05) is 0 Å². The molecule has 1 unspecified atom stereocenters. The smallest absolute Gasteiger partial charge is 0.151 e. The molecule has 1 N–H and O–H groups in total. The molecule has 1 aliphatic heterocycles. The number of rotatable bonds is 4. The van der Waals surface area contributed by atoms with Gasteiger partial charge in [-0.15, -0.1) is 11.3 Å². The quantitative estimate of drug-likeness (QED) is 0.928. The highest BCUT2D eigenvalue weighted by atomic mass is 32.1. The Morgan fingerprint density at radius 3 is 2.84 bits per heavy atom. The monoisotopic (exact) mass is 274 g/mol. The molecule has 1 saturated heterocycles. The minimum atomic E-state index is 0.213. The summed E-state index contributed by atoms with van der Waals surface area (Å²) in [4.78, 5) is 11.3. The van der Waals surface area contributed by atoms with Gasteiger partial charge >= 0.3 is 0 Å². The van der Waals surface area contributed by atoms with Gasteiger partial charge in [0.25, 0.3) is 0 Å². The van der Waals surface area contributed by atoms with Gasteiger partial charge < -0.3 is 10.2 Å². The van der Waals surface area contributed by atoms with E-state index in [1.165, 1.54) is 12.8 Å². The first-order valence-electron chi connectivity index (χ1n) is 6.70. The maximum Gasteiger partial charge on any atom is 0.151 e. The third kappa shape index (κ3) is 2.71. The van der Waals surface area contributed by atoms with E-state index < -0.39 is 0 Å². The molecular weight excluding hydrogens is 256 g/mol. The standard InChI is InChI=1S/C14H18N4S/c1-11(14-16-7-10-19-14)17-12-5-4-6-15-13(12)18-8-2-3-9-18/h4-7,10-11,17H,2-3,8-9H2,1H3. The van der Waals surface area contributed by atoms with E-state index in [-0.39, 0.29) is 6.04 Å². The zero-order valence-electron chi connectivity index (χ0n) is 11.0. The van der Waals surface area contributed by atoms with Crippen LogP contribution in [0.4, 0.5) is 11.5 Å². The van der Waals surface area contributed by atoms with Crippen molar-refractivity contribution in [3.05, 3.63) is 34.9 Å². The van der Waals surface area contributed by atoms with Crippen molar-refractivity contribution in [1.29, 1.82) is 0 Å². The van der Waals surface area contributed by atoms with Crippen molar-refractivity contribution < 1.29 is 0 Å². The van der Waals surface area contributed by atoms with Gasteiger partial charge in [-0.3, -0.25) is 0 Å². The van der Waals surface area contributed by atoms with Crippen molar-refractivity contribution in [3.8, 4) is 0 Å². The number of anilines is 2. The molecule has 0 bridgehead atoms. The number of hydrogen-bond acceptors (Lipinski definition) is 5. The van der Waals surface area contributed by atoms with Gasteiger partial charge in [0.1, 0.15) is 5.01 Å². The number of nitrogens with one attached hydrogen (secondary N) is 1. The molecule has 1 aliphatic rings. The van der Waals surface area contributed by atoms with Crippen molar-refractivity contribution in [2.75, 3.05) is 23.3 Å². The van der Waals surface area contributed by atoms with Gasteiger partial charge in [0.05, 0.1) is 11.7 Å². The van der Waals surface area contributed by atoms with E-state index in [4.69, 9.17) is 0 Å². The molecule has 1 fully saturated rings. The topological polar surface area (TPSA) is 41.1 Å². The summed E-state index contributed by atoms with van der Waals surface area (Å²) in [5.74, 6) is 1.07. The lowest BCUT2D eigenvalue weighted by Gasteiger charge is -2.22. The van der Waals surface area contributed by atoms with Crippen LogP contribution in [0.1, 0.15) is 30.8 Å². The summed E-state index contributed by atoms with van der Waals surface area (Å²) in [6, 6.07) is 4.30. The predicted octanol–water partition coefficient (Wildman–Crippen LogP) is 3.31. The van der Waals surface area contributed by atoms with Gasteiger partial charge in [-0.25, -0.2) is 9.97 Å². The Bertz CT molecular complexity index is 520. The molecule has 3 rings (SSSR count). The van der Waals surface area contributed by atoms with Crippen LogP contribution >= 0.6 is 11.3 Å². The lowest BCUT2D eigenvalue weighted by atomic mass is 10.3. The molecule has 5 heteroatoms. The highest BCUT2D eigenvalue weighted by Crippen LogP contribution is 2.29. The Labute approximate surface area is 117 Å². The third-order valence-electron chi connectivity index (χ3n) is 3.39. The average molecular weight is 274 g/mol. The summed E-state index contributed by atoms with van der Waals surface area (Å²) in [7, 11) is 0. The van der Waals surface area contributed by atoms with Crippen LogP contribution in [0, 0.1) is 0 Å². The normalized spacial score (nSPS) is 16.6. The molecule has 0 spiro atoms. The molecule has 0 aromatic carbocycles. The van der Waals surface area contributed by atoms with E-state index in [2.05, 4.69) is 33.2 Å². The average Bonchev–Trinajstić information content (AvgIpc) is 3.13. The van der Waals surface area contributed by atoms with Gasteiger partial charge in [-0.2, -0.15) is 0 Å². The van der Waals surface area contributed by atoms with Crippen LogP contribution in [0.5, 0.6) is 0 Å². The van der Waals surface area contributed by atoms with Gasteiger partial charge in [0.15, 0.2) is 5.82 Å². The molecule has 2 aromatic rings. The molecule has 100 valence electrons. The fraction of sp³-hybridized carbons (Fsp3) is 0.429. The van der Waals surface area contributed by atoms with Crippen LogP contribution in [0.2, 0.25) is 0 Å². The molecule has 1 atom stereocenters. The third-order valence-corrected chi connectivity index (χ3v) is 4.34. The van der Waals surface area contributed by atoms with E-state index in [9.17, 15) is 0 Å². The Balaban J connectivity index is 1.80. The lowest BCUT2D eigenvalue weighted by Crippen LogP contribution is -2.21. The van der Waals surface area contributed by atoms with Crippen molar-refractivity contribution in [1.82, 2.24) is 9.97 Å². The van der Waals surface area contributed by atoms with Crippen molar-refractivity contribution in [3.63, 3.8) is 0 Å². The Morgan fingerprint density at radius 1 is 1.26 bits per heavy atom. The first-order chi connectivity index (χ1) is 9.34. The summed E-state index contributed by atoms with van der Waals surface area (Å²) in [5, 5.41) is 6.65. The van der Waals surface area contributed by atoms with Crippen molar-refractivity contribution in [2.45, 2.75) is 25.8 Å². The van der Waals surface area contributed by atoms with Crippen molar-refractivity contribution >= 4 is 22.8 Å². The van der Waals surface area contributed by atoms with E-state index in [1.54, 1.807) is 11.3 Å². The fourth-order valence-electron chi connectivity index (χ4n) is 2.43. The molecule has 0 aliphatic carbocycles. The summed E-state index contributed by atoms with van der Waals surface area (Å²) >= 11 is 1.68. The molecular formula is C14H18N4S. The maximum atomic E-state index is 4.54. The van der Waals surface area contributed by atoms with E-state index in [0.717, 1.165) is 29.6 Å². The SMILES string of the molecule is CC(Nc1cccnc1N1CCCC1)c1nccs1. The van der Waals surface area contributed by atoms with E-state index >= 15 is 0 Å². The number of pyridine rings is 1. The maximum absolute atomic E-state index is 4.54. The second kappa shape index (κ2) is 5.57. The molecule has 0 saturated carbocycles. The second-order valence-electron chi connectivity index (χ2n) is 4.81. The van der Waals surface area contributed by atoms with Gasteiger partial charge in [0.2, 0.25) is 0 Å². The van der Waals surface area contributed by atoms with Gasteiger partial charge in [0, 0.05) is 30.9 Å². The molecule has 4 nitrogen and oxygen atoms in total. The highest BCUT2D eigenvalue weighted by molar-refractivity contribution is 7.09. The first kappa shape index (κ1) is 12.4.